The first-order valence-corrected chi connectivity index (χ1v) is 11.5. The molecule has 0 radical (unpaired) electrons. The van der Waals surface area contributed by atoms with Crippen molar-refractivity contribution in [3.63, 3.8) is 0 Å². The van der Waals surface area contributed by atoms with Gasteiger partial charge in [0.05, 0.1) is 38.0 Å². The Morgan fingerprint density at radius 3 is 2.32 bits per heavy atom. The molecule has 0 saturated heterocycles. The van der Waals surface area contributed by atoms with Crippen LogP contribution in [-0.2, 0) is 31.1 Å². The van der Waals surface area contributed by atoms with Gasteiger partial charge in [-0.05, 0) is 56.2 Å². The topological polar surface area (TPSA) is 120 Å². The van der Waals surface area contributed by atoms with Crippen molar-refractivity contribution >= 4 is 17.5 Å². The number of anilines is 1. The van der Waals surface area contributed by atoms with Crippen LogP contribution in [0.3, 0.4) is 0 Å². The summed E-state index contributed by atoms with van der Waals surface area (Å²) < 4.78 is 11.6. The molecule has 1 amide bonds. The molecular weight excluding hydrogens is 472 g/mol. The van der Waals surface area contributed by atoms with Gasteiger partial charge < -0.3 is 19.7 Å². The Labute approximate surface area is 216 Å². The summed E-state index contributed by atoms with van der Waals surface area (Å²) in [5.74, 6) is 0.223. The fourth-order valence-corrected chi connectivity index (χ4v) is 3.49. The van der Waals surface area contributed by atoms with Gasteiger partial charge in [0, 0.05) is 17.4 Å². The van der Waals surface area contributed by atoms with E-state index in [1.807, 2.05) is 0 Å². The van der Waals surface area contributed by atoms with Crippen molar-refractivity contribution in [2.24, 2.45) is 0 Å². The Morgan fingerprint density at radius 2 is 1.78 bits per heavy atom. The van der Waals surface area contributed by atoms with Crippen molar-refractivity contribution in [2.75, 3.05) is 4.90 Å². The van der Waals surface area contributed by atoms with E-state index in [0.717, 1.165) is 5.56 Å². The van der Waals surface area contributed by atoms with E-state index in [0.29, 0.717) is 28.1 Å². The highest BCUT2D eigenvalue weighted by Crippen LogP contribution is 2.30. The third kappa shape index (κ3) is 7.05. The number of amides is 1. The smallest absolute Gasteiger partial charge is 0.415 e. The normalized spacial score (nSPS) is 10.8. The Hall–Kier alpha value is -4.44. The van der Waals surface area contributed by atoms with E-state index in [4.69, 9.17) is 21.3 Å². The Kier molecular flexibility index (Phi) is 8.81. The molecular formula is C28H28N4O5. The number of hydrogen-bond acceptors (Lipinski definition) is 7. The lowest BCUT2D eigenvalue weighted by molar-refractivity contribution is 0.0577. The lowest BCUT2D eigenvalue weighted by Gasteiger charge is -2.28. The molecule has 0 aliphatic rings. The van der Waals surface area contributed by atoms with Gasteiger partial charge in [0.15, 0.2) is 5.69 Å². The number of aromatic nitrogens is 1. The molecule has 2 N–H and O–H groups in total. The number of carbonyl (C=O) groups excluding carboxylic acids is 1. The van der Waals surface area contributed by atoms with Crippen molar-refractivity contribution < 1.29 is 24.5 Å². The third-order valence-electron chi connectivity index (χ3n) is 5.31. The summed E-state index contributed by atoms with van der Waals surface area (Å²) in [7, 11) is 0. The van der Waals surface area contributed by atoms with Crippen molar-refractivity contribution in [1.82, 2.24) is 4.98 Å². The van der Waals surface area contributed by atoms with Gasteiger partial charge in [-0.2, -0.15) is 5.26 Å². The number of aliphatic hydroxyl groups is 2. The number of benzene rings is 2. The van der Waals surface area contributed by atoms with Crippen molar-refractivity contribution in [2.45, 2.75) is 52.7 Å². The molecule has 0 aliphatic carbocycles. The van der Waals surface area contributed by atoms with Crippen molar-refractivity contribution in [3.05, 3.63) is 94.1 Å². The first-order chi connectivity index (χ1) is 17.7. The third-order valence-corrected chi connectivity index (χ3v) is 5.31. The second-order valence-electron chi connectivity index (χ2n) is 9.15. The van der Waals surface area contributed by atoms with Crippen LogP contribution in [0.4, 0.5) is 16.2 Å². The van der Waals surface area contributed by atoms with Crippen LogP contribution >= 0.6 is 0 Å². The summed E-state index contributed by atoms with van der Waals surface area (Å²) in [5, 5.41) is 29.3. The molecule has 0 fully saturated rings. The molecule has 1 aromatic heterocycles. The van der Waals surface area contributed by atoms with Gasteiger partial charge in [0.1, 0.15) is 23.7 Å². The maximum Gasteiger partial charge on any atom is 0.415 e. The van der Waals surface area contributed by atoms with Crippen molar-refractivity contribution in [3.8, 4) is 11.8 Å². The van der Waals surface area contributed by atoms with Gasteiger partial charge in [-0.25, -0.2) is 9.64 Å². The summed E-state index contributed by atoms with van der Waals surface area (Å²) in [5.41, 5.74) is 2.59. The average Bonchev–Trinajstić information content (AvgIpc) is 2.89. The predicted octanol–water partition coefficient (Wildman–Crippen LogP) is 5.01. The molecule has 0 saturated carbocycles. The highest BCUT2D eigenvalue weighted by molar-refractivity contribution is 5.88. The zero-order chi connectivity index (χ0) is 27.0. The van der Waals surface area contributed by atoms with Gasteiger partial charge in [0.25, 0.3) is 0 Å². The number of nitrogens with zero attached hydrogens (tertiary/aromatic N) is 4. The number of aliphatic hydroxyl groups excluding tert-OH is 2. The molecule has 0 atom stereocenters. The number of ether oxygens (including phenoxy) is 2. The van der Waals surface area contributed by atoms with Crippen LogP contribution in [0, 0.1) is 17.9 Å². The lowest BCUT2D eigenvalue weighted by atomic mass is 10.1. The molecule has 3 aromatic rings. The molecule has 9 heteroatoms. The van der Waals surface area contributed by atoms with E-state index in [-0.39, 0.29) is 24.6 Å². The number of rotatable bonds is 8. The van der Waals surface area contributed by atoms with Crippen molar-refractivity contribution in [1.29, 1.82) is 5.26 Å². The number of pyridine rings is 1. The lowest BCUT2D eigenvalue weighted by Crippen LogP contribution is -2.36. The van der Waals surface area contributed by atoms with Gasteiger partial charge in [0.2, 0.25) is 0 Å². The molecule has 2 aromatic carbocycles. The highest BCUT2D eigenvalue weighted by atomic mass is 16.6. The monoisotopic (exact) mass is 500 g/mol. The summed E-state index contributed by atoms with van der Waals surface area (Å²) in [4.78, 5) is 22.2. The zero-order valence-corrected chi connectivity index (χ0v) is 20.9. The maximum absolute atomic E-state index is 13.2. The summed E-state index contributed by atoms with van der Waals surface area (Å²) >= 11 is 0. The minimum absolute atomic E-state index is 0.00846. The molecule has 0 aliphatic heterocycles. The van der Waals surface area contributed by atoms with Gasteiger partial charge >= 0.3 is 6.09 Å². The molecule has 0 bridgehead atoms. The standard InChI is InChI=1S/C28H28N4O5/c1-28(2,3)37-27(35)32(23-11-7-19(13-29)8-12-23)15-21-14-31-25(17-34)26(24(21)16-33)36-18-20-5-9-22(30-4)10-6-20/h5-12,14,33-34H,15-18H2,1-3H3. The first kappa shape index (κ1) is 27.2. The van der Waals surface area contributed by atoms with Crippen LogP contribution in [0.2, 0.25) is 0 Å². The van der Waals surface area contributed by atoms with Crippen LogP contribution in [0.15, 0.2) is 54.7 Å². The summed E-state index contributed by atoms with van der Waals surface area (Å²) in [6, 6.07) is 15.4. The van der Waals surface area contributed by atoms with Crippen LogP contribution < -0.4 is 9.64 Å². The fourth-order valence-electron chi connectivity index (χ4n) is 3.49. The molecule has 3 rings (SSSR count). The van der Waals surface area contributed by atoms with Crippen LogP contribution in [-0.4, -0.2) is 26.9 Å². The van der Waals surface area contributed by atoms with Gasteiger partial charge in [-0.15, -0.1) is 0 Å². The van der Waals surface area contributed by atoms with E-state index in [1.54, 1.807) is 69.3 Å². The van der Waals surface area contributed by atoms with E-state index in [2.05, 4.69) is 15.9 Å². The Balaban J connectivity index is 1.97. The molecule has 190 valence electrons. The van der Waals surface area contributed by atoms with E-state index in [1.165, 1.54) is 11.1 Å². The molecule has 1 heterocycles. The highest BCUT2D eigenvalue weighted by Gasteiger charge is 2.26. The number of hydrogen-bond donors (Lipinski definition) is 2. The summed E-state index contributed by atoms with van der Waals surface area (Å²) in [6.07, 6.45) is 0.866. The van der Waals surface area contributed by atoms with E-state index < -0.39 is 24.9 Å². The van der Waals surface area contributed by atoms with Crippen LogP contribution in [0.1, 0.15) is 48.7 Å². The average molecular weight is 501 g/mol. The van der Waals surface area contributed by atoms with E-state index >= 15 is 0 Å². The second-order valence-corrected chi connectivity index (χ2v) is 9.15. The fraction of sp³-hybridized carbons (Fsp3) is 0.286. The molecule has 37 heavy (non-hydrogen) atoms. The van der Waals surface area contributed by atoms with Gasteiger partial charge in [-0.1, -0.05) is 24.3 Å². The molecule has 9 nitrogen and oxygen atoms in total. The SMILES string of the molecule is [C-]#[N+]c1ccc(COc2c(CO)ncc(CN(C(=O)OC(C)(C)C)c3ccc(C#N)cc3)c2CO)cc1. The Morgan fingerprint density at radius 1 is 1.11 bits per heavy atom. The maximum atomic E-state index is 13.2. The van der Waals surface area contributed by atoms with E-state index in [9.17, 15) is 15.0 Å². The zero-order valence-electron chi connectivity index (χ0n) is 20.9. The van der Waals surface area contributed by atoms with Gasteiger partial charge in [-0.3, -0.25) is 9.88 Å². The molecule has 0 spiro atoms. The largest absolute Gasteiger partial charge is 0.487 e. The first-order valence-electron chi connectivity index (χ1n) is 11.5. The quantitative estimate of drug-likeness (QED) is 0.417. The second kappa shape index (κ2) is 12.0. The van der Waals surface area contributed by atoms with Crippen LogP contribution in [0.5, 0.6) is 5.75 Å². The summed E-state index contributed by atoms with van der Waals surface area (Å²) in [6.45, 7) is 11.6. The number of carbonyl (C=O) groups is 1. The van der Waals surface area contributed by atoms with Crippen LogP contribution in [0.25, 0.3) is 4.85 Å². The predicted molar refractivity (Wildman–Crippen MR) is 137 cm³/mol. The minimum atomic E-state index is -0.752. The minimum Gasteiger partial charge on any atom is -0.487 e. The Bertz CT molecular complexity index is 1320. The number of nitriles is 1. The molecule has 0 unspecified atom stereocenters.